The molecule has 0 saturated heterocycles. The number of hydrogen-bond donors (Lipinski definition) is 0. The summed E-state index contributed by atoms with van der Waals surface area (Å²) in [5, 5.41) is 5.88. The molecule has 11 aromatic rings. The minimum atomic E-state index is -0.129. The van der Waals surface area contributed by atoms with Crippen LogP contribution in [0.5, 0.6) is 0 Å². The fourth-order valence-electron chi connectivity index (χ4n) is 9.59. The highest BCUT2D eigenvalue weighted by atomic mass is 15.2. The lowest BCUT2D eigenvalue weighted by atomic mass is 9.82. The predicted molar refractivity (Wildman–Crippen MR) is 237 cm³/mol. The second kappa shape index (κ2) is 11.8. The molecule has 3 heterocycles. The van der Waals surface area contributed by atoms with Crippen molar-refractivity contribution in [2.75, 3.05) is 0 Å². The fourth-order valence-corrected chi connectivity index (χ4v) is 9.59. The van der Waals surface area contributed by atoms with Gasteiger partial charge in [0.05, 0.1) is 33.3 Å². The molecule has 1 aliphatic rings. The van der Waals surface area contributed by atoms with Crippen LogP contribution in [0.3, 0.4) is 0 Å². The predicted octanol–water partition coefficient (Wildman–Crippen LogP) is 13.5. The number of nitrogens with zero attached hydrogens (tertiary/aromatic N) is 4. The summed E-state index contributed by atoms with van der Waals surface area (Å²) in [7, 11) is 0. The molecular formula is C53H36N4. The number of fused-ring (bicyclic) bond motifs is 10. The van der Waals surface area contributed by atoms with E-state index in [0.29, 0.717) is 5.95 Å². The van der Waals surface area contributed by atoms with Gasteiger partial charge in [-0.25, -0.2) is 9.97 Å². The smallest absolute Gasteiger partial charge is 0.235 e. The molecule has 0 saturated carbocycles. The van der Waals surface area contributed by atoms with Gasteiger partial charge in [0.15, 0.2) is 0 Å². The number of aromatic nitrogens is 4. The molecule has 0 radical (unpaired) electrons. The molecule has 57 heavy (non-hydrogen) atoms. The molecule has 0 unspecified atom stereocenters. The molecule has 0 fully saturated rings. The van der Waals surface area contributed by atoms with Crippen molar-refractivity contribution in [1.82, 2.24) is 19.1 Å². The molecule has 0 spiro atoms. The van der Waals surface area contributed by atoms with Crippen LogP contribution in [0.4, 0.5) is 0 Å². The van der Waals surface area contributed by atoms with E-state index in [1.54, 1.807) is 0 Å². The van der Waals surface area contributed by atoms with E-state index in [9.17, 15) is 0 Å². The third-order valence-corrected chi connectivity index (χ3v) is 12.3. The summed E-state index contributed by atoms with van der Waals surface area (Å²) in [5.41, 5.74) is 16.0. The fraction of sp³-hybridized carbons (Fsp3) is 0.0566. The van der Waals surface area contributed by atoms with Crippen molar-refractivity contribution in [3.8, 4) is 45.1 Å². The van der Waals surface area contributed by atoms with Crippen LogP contribution in [-0.2, 0) is 5.41 Å². The lowest BCUT2D eigenvalue weighted by Crippen LogP contribution is -2.14. The normalized spacial score (nSPS) is 13.2. The van der Waals surface area contributed by atoms with Crippen molar-refractivity contribution in [3.63, 3.8) is 0 Å². The number of hydrogen-bond acceptors (Lipinski definition) is 2. The molecule has 4 heteroatoms. The maximum absolute atomic E-state index is 5.52. The van der Waals surface area contributed by atoms with Crippen molar-refractivity contribution < 1.29 is 0 Å². The Morgan fingerprint density at radius 3 is 1.75 bits per heavy atom. The summed E-state index contributed by atoms with van der Waals surface area (Å²) >= 11 is 0. The van der Waals surface area contributed by atoms with Gasteiger partial charge in [0.2, 0.25) is 5.95 Å². The van der Waals surface area contributed by atoms with Crippen molar-refractivity contribution in [2.45, 2.75) is 19.3 Å². The van der Waals surface area contributed by atoms with Crippen molar-refractivity contribution >= 4 is 54.5 Å². The van der Waals surface area contributed by atoms with Gasteiger partial charge in [0.25, 0.3) is 0 Å². The molecule has 0 amide bonds. The Kier molecular flexibility index (Phi) is 6.65. The van der Waals surface area contributed by atoms with Crippen LogP contribution < -0.4 is 0 Å². The maximum atomic E-state index is 5.52. The monoisotopic (exact) mass is 728 g/mol. The first kappa shape index (κ1) is 32.0. The van der Waals surface area contributed by atoms with E-state index in [1.807, 2.05) is 0 Å². The maximum Gasteiger partial charge on any atom is 0.235 e. The number of rotatable bonds is 4. The molecule has 1 aliphatic carbocycles. The largest absolute Gasteiger partial charge is 0.309 e. The highest BCUT2D eigenvalue weighted by Crippen LogP contribution is 2.51. The second-order valence-electron chi connectivity index (χ2n) is 15.8. The average Bonchev–Trinajstić information content (AvgIpc) is 3.85. The molecule has 0 aliphatic heterocycles. The summed E-state index contributed by atoms with van der Waals surface area (Å²) in [6.45, 7) is 4.70. The third kappa shape index (κ3) is 4.62. The molecule has 0 bridgehead atoms. The van der Waals surface area contributed by atoms with E-state index >= 15 is 0 Å². The van der Waals surface area contributed by atoms with Crippen molar-refractivity contribution in [2.24, 2.45) is 0 Å². The molecule has 12 rings (SSSR count). The summed E-state index contributed by atoms with van der Waals surface area (Å²) in [6.07, 6.45) is 0. The van der Waals surface area contributed by atoms with Crippen molar-refractivity contribution in [1.29, 1.82) is 0 Å². The Bertz CT molecular complexity index is 3370. The van der Waals surface area contributed by atoms with Crippen LogP contribution in [0.25, 0.3) is 99.7 Å². The Labute approximate surface area is 329 Å². The first-order valence-corrected chi connectivity index (χ1v) is 19.7. The standard InChI is InChI=1S/C53H36N4/c1-53(2)44-20-10-6-16-37(44)42-32-50-43(31-45(42)53)40-29-28-36(56-47-22-12-8-17-38(47)39-18-9-13-23-48(39)56)30-49(40)57(50)52-54-46-21-11-7-19-41(46)51(55-52)35-26-24-34(25-27-35)33-14-4-3-5-15-33/h3-32H,1-2H3. The van der Waals surface area contributed by atoms with Crippen LogP contribution >= 0.6 is 0 Å². The molecule has 4 nitrogen and oxygen atoms in total. The zero-order valence-corrected chi connectivity index (χ0v) is 31.6. The lowest BCUT2D eigenvalue weighted by Gasteiger charge is -2.21. The van der Waals surface area contributed by atoms with E-state index in [4.69, 9.17) is 9.97 Å². The lowest BCUT2D eigenvalue weighted by molar-refractivity contribution is 0.661. The quantitative estimate of drug-likeness (QED) is 0.181. The zero-order chi connectivity index (χ0) is 37.8. The summed E-state index contributed by atoms with van der Waals surface area (Å²) in [6, 6.07) is 65.7. The highest BCUT2D eigenvalue weighted by molar-refractivity contribution is 6.13. The van der Waals surface area contributed by atoms with Crippen LogP contribution in [0.1, 0.15) is 25.0 Å². The van der Waals surface area contributed by atoms with E-state index in [1.165, 1.54) is 66.0 Å². The van der Waals surface area contributed by atoms with Crippen LogP contribution in [0.15, 0.2) is 182 Å². The van der Waals surface area contributed by atoms with Gasteiger partial charge >= 0.3 is 0 Å². The van der Waals surface area contributed by atoms with Gasteiger partial charge < -0.3 is 4.57 Å². The first-order chi connectivity index (χ1) is 28.0. The van der Waals surface area contributed by atoms with Gasteiger partial charge in [-0.3, -0.25) is 4.57 Å². The second-order valence-corrected chi connectivity index (χ2v) is 15.8. The highest BCUT2D eigenvalue weighted by Gasteiger charge is 2.36. The van der Waals surface area contributed by atoms with Gasteiger partial charge in [-0.15, -0.1) is 0 Å². The van der Waals surface area contributed by atoms with E-state index in [2.05, 4.69) is 205 Å². The van der Waals surface area contributed by atoms with Crippen molar-refractivity contribution in [3.05, 3.63) is 193 Å². The Balaban J connectivity index is 1.16. The Morgan fingerprint density at radius 2 is 0.982 bits per heavy atom. The molecule has 0 atom stereocenters. The summed E-state index contributed by atoms with van der Waals surface area (Å²) in [4.78, 5) is 10.9. The SMILES string of the molecule is CC1(C)c2ccccc2-c2cc3c(cc21)c1ccc(-n2c4ccccc4c4ccccc42)cc1n3-c1nc(-c2ccc(-c3ccccc3)cc2)c2ccccc2n1. The summed E-state index contributed by atoms with van der Waals surface area (Å²) in [5.74, 6) is 0.653. The molecular weight excluding hydrogens is 693 g/mol. The third-order valence-electron chi connectivity index (χ3n) is 12.3. The van der Waals surface area contributed by atoms with Crippen LogP contribution in [0, 0.1) is 0 Å². The molecule has 3 aromatic heterocycles. The van der Waals surface area contributed by atoms with E-state index in [0.717, 1.165) is 38.9 Å². The van der Waals surface area contributed by atoms with Gasteiger partial charge in [0.1, 0.15) is 0 Å². The van der Waals surface area contributed by atoms with Gasteiger partial charge in [0, 0.05) is 43.6 Å². The topological polar surface area (TPSA) is 35.6 Å². The molecule has 8 aromatic carbocycles. The van der Waals surface area contributed by atoms with E-state index < -0.39 is 0 Å². The van der Waals surface area contributed by atoms with Gasteiger partial charge in [-0.05, 0) is 75.8 Å². The first-order valence-electron chi connectivity index (χ1n) is 19.7. The van der Waals surface area contributed by atoms with Gasteiger partial charge in [-0.1, -0.05) is 153 Å². The number of para-hydroxylation sites is 3. The zero-order valence-electron chi connectivity index (χ0n) is 31.6. The molecule has 0 N–H and O–H groups in total. The Hall–Kier alpha value is -7.30. The minimum absolute atomic E-state index is 0.129. The van der Waals surface area contributed by atoms with Crippen LogP contribution in [-0.4, -0.2) is 19.1 Å². The number of benzene rings is 8. The van der Waals surface area contributed by atoms with Gasteiger partial charge in [-0.2, -0.15) is 0 Å². The minimum Gasteiger partial charge on any atom is -0.309 e. The van der Waals surface area contributed by atoms with Crippen LogP contribution in [0.2, 0.25) is 0 Å². The molecule has 268 valence electrons. The average molecular weight is 729 g/mol. The van der Waals surface area contributed by atoms with E-state index in [-0.39, 0.29) is 5.41 Å². The summed E-state index contributed by atoms with van der Waals surface area (Å²) < 4.78 is 4.71. The Morgan fingerprint density at radius 1 is 0.386 bits per heavy atom.